The Hall–Kier alpha value is -2.89. The third-order valence-corrected chi connectivity index (χ3v) is 6.07. The summed E-state index contributed by atoms with van der Waals surface area (Å²) in [5.74, 6) is 1.35. The van der Waals surface area contributed by atoms with Crippen LogP contribution in [0, 0.1) is 11.8 Å². The van der Waals surface area contributed by atoms with Gasteiger partial charge in [0.05, 0.1) is 6.20 Å². The zero-order valence-electron chi connectivity index (χ0n) is 15.5. The number of carbonyl (C=O) groups is 1. The van der Waals surface area contributed by atoms with Crippen LogP contribution in [-0.2, 0) is 4.79 Å². The fourth-order valence-electron chi connectivity index (χ4n) is 4.23. The summed E-state index contributed by atoms with van der Waals surface area (Å²) in [7, 11) is 0. The number of amides is 1. The molecule has 6 nitrogen and oxygen atoms in total. The minimum Gasteiger partial charge on any atom is -0.383 e. The van der Waals surface area contributed by atoms with Crippen molar-refractivity contribution in [2.45, 2.75) is 38.5 Å². The fourth-order valence-corrected chi connectivity index (χ4v) is 4.23. The monoisotopic (exact) mass is 363 g/mol. The van der Waals surface area contributed by atoms with Gasteiger partial charge in [-0.25, -0.2) is 4.98 Å². The summed E-state index contributed by atoms with van der Waals surface area (Å²) in [6.07, 6.45) is 7.82. The van der Waals surface area contributed by atoms with Crippen molar-refractivity contribution in [2.24, 2.45) is 17.6 Å². The van der Waals surface area contributed by atoms with Crippen molar-refractivity contribution >= 4 is 17.4 Å². The van der Waals surface area contributed by atoms with Crippen LogP contribution in [-0.4, -0.2) is 20.5 Å². The van der Waals surface area contributed by atoms with Crippen molar-refractivity contribution in [3.63, 3.8) is 0 Å². The fraction of sp³-hybridized carbons (Fsp3) is 0.381. The molecule has 0 bridgehead atoms. The van der Waals surface area contributed by atoms with Gasteiger partial charge in [0.1, 0.15) is 5.82 Å². The first-order chi connectivity index (χ1) is 13.0. The summed E-state index contributed by atoms with van der Waals surface area (Å²) >= 11 is 0. The molecule has 0 spiro atoms. The first-order valence-electron chi connectivity index (χ1n) is 9.52. The third-order valence-electron chi connectivity index (χ3n) is 6.07. The lowest BCUT2D eigenvalue weighted by Crippen LogP contribution is -2.30. The Morgan fingerprint density at radius 3 is 2.52 bits per heavy atom. The highest BCUT2D eigenvalue weighted by Gasteiger charge is 2.28. The molecule has 0 aliphatic heterocycles. The number of hydrogen-bond acceptors (Lipinski definition) is 4. The normalized spacial score (nSPS) is 21.2. The van der Waals surface area contributed by atoms with Crippen LogP contribution in [0.1, 0.15) is 44.1 Å². The van der Waals surface area contributed by atoms with Crippen molar-refractivity contribution in [1.82, 2.24) is 14.6 Å². The average molecular weight is 363 g/mol. The van der Waals surface area contributed by atoms with E-state index in [0.717, 1.165) is 42.5 Å². The Kier molecular flexibility index (Phi) is 4.56. The first-order valence-corrected chi connectivity index (χ1v) is 9.52. The van der Waals surface area contributed by atoms with E-state index in [-0.39, 0.29) is 11.8 Å². The van der Waals surface area contributed by atoms with Crippen LogP contribution in [0.4, 0.5) is 5.82 Å². The van der Waals surface area contributed by atoms with Gasteiger partial charge in [-0.2, -0.15) is 9.61 Å². The standard InChI is InChI=1S/C21H25N5O/c1-13(21(23)27)14-2-4-15(5-3-14)16-6-8-17(9-7-16)18-12-24-19-10-11-25-26(19)20(18)22/h6-15H,2-5,22H2,1H3,(H2,23,27). The van der Waals surface area contributed by atoms with Gasteiger partial charge in [0.25, 0.3) is 0 Å². The predicted molar refractivity (Wildman–Crippen MR) is 106 cm³/mol. The summed E-state index contributed by atoms with van der Waals surface area (Å²) in [5.41, 5.74) is 15.7. The quantitative estimate of drug-likeness (QED) is 0.742. The van der Waals surface area contributed by atoms with Crippen molar-refractivity contribution in [3.05, 3.63) is 48.3 Å². The minimum absolute atomic E-state index is 0.0268. The van der Waals surface area contributed by atoms with E-state index in [2.05, 4.69) is 34.3 Å². The van der Waals surface area contributed by atoms with Gasteiger partial charge in [0.15, 0.2) is 5.65 Å². The van der Waals surface area contributed by atoms with Crippen LogP contribution in [0.15, 0.2) is 42.7 Å². The number of nitrogens with two attached hydrogens (primary N) is 2. The molecule has 6 heteroatoms. The topological polar surface area (TPSA) is 99.3 Å². The highest BCUT2D eigenvalue weighted by atomic mass is 16.1. The molecule has 140 valence electrons. The van der Waals surface area contributed by atoms with E-state index in [1.807, 2.05) is 13.0 Å². The number of anilines is 1. The first kappa shape index (κ1) is 17.5. The van der Waals surface area contributed by atoms with E-state index in [1.165, 1.54) is 5.56 Å². The van der Waals surface area contributed by atoms with E-state index in [0.29, 0.717) is 17.7 Å². The maximum atomic E-state index is 11.4. The van der Waals surface area contributed by atoms with E-state index >= 15 is 0 Å². The number of primary amides is 1. The predicted octanol–water partition coefficient (Wildman–Crippen LogP) is 3.37. The van der Waals surface area contributed by atoms with E-state index in [1.54, 1.807) is 16.9 Å². The molecule has 4 rings (SSSR count). The molecular formula is C21H25N5O. The number of nitrogens with zero attached hydrogens (tertiary/aromatic N) is 3. The SMILES string of the molecule is CC(C(N)=O)C1CCC(c2ccc(-c3cnc4ccnn4c3N)cc2)CC1. The Morgan fingerprint density at radius 2 is 1.85 bits per heavy atom. The molecule has 1 aliphatic carbocycles. The van der Waals surface area contributed by atoms with Gasteiger partial charge < -0.3 is 11.5 Å². The number of aromatic nitrogens is 3. The molecule has 0 saturated heterocycles. The van der Waals surface area contributed by atoms with Gasteiger partial charge in [-0.05, 0) is 48.6 Å². The average Bonchev–Trinajstić information content (AvgIpc) is 3.18. The summed E-state index contributed by atoms with van der Waals surface area (Å²) in [6, 6.07) is 10.4. The molecule has 1 atom stereocenters. The lowest BCUT2D eigenvalue weighted by molar-refractivity contribution is -0.123. The molecule has 1 saturated carbocycles. The molecule has 2 heterocycles. The molecule has 2 aromatic heterocycles. The summed E-state index contributed by atoms with van der Waals surface area (Å²) in [5, 5.41) is 4.23. The number of nitrogen functional groups attached to an aromatic ring is 1. The van der Waals surface area contributed by atoms with Crippen LogP contribution in [0.3, 0.4) is 0 Å². The van der Waals surface area contributed by atoms with Gasteiger partial charge in [0, 0.05) is 23.7 Å². The van der Waals surface area contributed by atoms with Gasteiger partial charge in [0.2, 0.25) is 5.91 Å². The highest BCUT2D eigenvalue weighted by molar-refractivity contribution is 5.76. The molecule has 0 radical (unpaired) electrons. The smallest absolute Gasteiger partial charge is 0.220 e. The Labute approximate surface area is 158 Å². The highest BCUT2D eigenvalue weighted by Crippen LogP contribution is 2.39. The second-order valence-electron chi connectivity index (χ2n) is 7.58. The molecule has 1 aromatic carbocycles. The van der Waals surface area contributed by atoms with Crippen molar-refractivity contribution in [2.75, 3.05) is 5.73 Å². The number of fused-ring (bicyclic) bond motifs is 1. The van der Waals surface area contributed by atoms with Crippen LogP contribution in [0.2, 0.25) is 0 Å². The second kappa shape index (κ2) is 7.02. The number of hydrogen-bond donors (Lipinski definition) is 2. The van der Waals surface area contributed by atoms with E-state index < -0.39 is 0 Å². The molecule has 1 amide bonds. The second-order valence-corrected chi connectivity index (χ2v) is 7.58. The molecule has 1 unspecified atom stereocenters. The molecule has 27 heavy (non-hydrogen) atoms. The zero-order chi connectivity index (χ0) is 19.0. The lowest BCUT2D eigenvalue weighted by Gasteiger charge is -2.31. The van der Waals surface area contributed by atoms with Crippen molar-refractivity contribution in [3.8, 4) is 11.1 Å². The summed E-state index contributed by atoms with van der Waals surface area (Å²) in [4.78, 5) is 15.8. The molecule has 1 fully saturated rings. The van der Waals surface area contributed by atoms with E-state index in [9.17, 15) is 4.79 Å². The van der Waals surface area contributed by atoms with Crippen molar-refractivity contribution < 1.29 is 4.79 Å². The van der Waals surface area contributed by atoms with Gasteiger partial charge >= 0.3 is 0 Å². The van der Waals surface area contributed by atoms with Crippen LogP contribution >= 0.6 is 0 Å². The molecule has 3 aromatic rings. The van der Waals surface area contributed by atoms with Crippen LogP contribution < -0.4 is 11.5 Å². The number of carbonyl (C=O) groups excluding carboxylic acids is 1. The van der Waals surface area contributed by atoms with Crippen LogP contribution in [0.5, 0.6) is 0 Å². The lowest BCUT2D eigenvalue weighted by atomic mass is 9.74. The number of rotatable bonds is 4. The molecular weight excluding hydrogens is 338 g/mol. The van der Waals surface area contributed by atoms with Crippen molar-refractivity contribution in [1.29, 1.82) is 0 Å². The molecule has 4 N–H and O–H groups in total. The van der Waals surface area contributed by atoms with Gasteiger partial charge in [-0.15, -0.1) is 0 Å². The Morgan fingerprint density at radius 1 is 1.15 bits per heavy atom. The summed E-state index contributed by atoms with van der Waals surface area (Å²) < 4.78 is 1.66. The largest absolute Gasteiger partial charge is 0.383 e. The Bertz CT molecular complexity index is 954. The third kappa shape index (κ3) is 3.27. The maximum absolute atomic E-state index is 11.4. The maximum Gasteiger partial charge on any atom is 0.220 e. The zero-order valence-corrected chi connectivity index (χ0v) is 15.5. The number of benzene rings is 1. The van der Waals surface area contributed by atoms with Crippen LogP contribution in [0.25, 0.3) is 16.8 Å². The minimum atomic E-state index is -0.178. The van der Waals surface area contributed by atoms with Gasteiger partial charge in [-0.1, -0.05) is 31.2 Å². The Balaban J connectivity index is 1.49. The van der Waals surface area contributed by atoms with Gasteiger partial charge in [-0.3, -0.25) is 4.79 Å². The summed E-state index contributed by atoms with van der Waals surface area (Å²) in [6.45, 7) is 1.96. The molecule has 1 aliphatic rings. The van der Waals surface area contributed by atoms with E-state index in [4.69, 9.17) is 11.5 Å².